The number of aromatic nitrogens is 4. The number of hydrogen-bond donors (Lipinski definition) is 3. The van der Waals surface area contributed by atoms with Crippen LogP contribution in [0.1, 0.15) is 21.6 Å². The van der Waals surface area contributed by atoms with Gasteiger partial charge >= 0.3 is 0 Å². The predicted octanol–water partition coefficient (Wildman–Crippen LogP) is 2.16. The fraction of sp³-hybridized carbons (Fsp3) is 0.154. The fourth-order valence-electron chi connectivity index (χ4n) is 2.11. The summed E-state index contributed by atoms with van der Waals surface area (Å²) in [5.74, 6) is 0.116. The first-order valence-corrected chi connectivity index (χ1v) is 5.91. The molecule has 0 saturated heterocycles. The molecule has 3 rings (SSSR count). The number of H-pyrrole nitrogens is 2. The SMILES string of the molecule is Cc1[nH]c2c(C(=O)Nc3ncn[nH]3)cccc2c1C. The van der Waals surface area contributed by atoms with Gasteiger partial charge in [0.05, 0.1) is 11.1 Å². The van der Waals surface area contributed by atoms with Crippen molar-refractivity contribution in [3.8, 4) is 0 Å². The van der Waals surface area contributed by atoms with Gasteiger partial charge in [-0.05, 0) is 25.5 Å². The van der Waals surface area contributed by atoms with Gasteiger partial charge in [0.25, 0.3) is 5.91 Å². The van der Waals surface area contributed by atoms with Crippen LogP contribution in [0.2, 0.25) is 0 Å². The number of para-hydroxylation sites is 1. The highest BCUT2D eigenvalue weighted by atomic mass is 16.1. The topological polar surface area (TPSA) is 86.5 Å². The molecular formula is C13H13N5O. The van der Waals surface area contributed by atoms with Gasteiger partial charge in [-0.2, -0.15) is 10.1 Å². The average Bonchev–Trinajstić information content (AvgIpc) is 2.99. The molecule has 0 saturated carbocycles. The zero-order valence-electron chi connectivity index (χ0n) is 10.6. The lowest BCUT2D eigenvalue weighted by molar-refractivity contribution is 0.102. The summed E-state index contributed by atoms with van der Waals surface area (Å²) in [6.07, 6.45) is 1.35. The summed E-state index contributed by atoms with van der Waals surface area (Å²) in [4.78, 5) is 19.4. The number of fused-ring (bicyclic) bond motifs is 1. The Balaban J connectivity index is 2.05. The van der Waals surface area contributed by atoms with E-state index in [0.717, 1.165) is 22.2 Å². The van der Waals surface area contributed by atoms with E-state index in [0.29, 0.717) is 11.5 Å². The third-order valence-corrected chi connectivity index (χ3v) is 3.24. The summed E-state index contributed by atoms with van der Waals surface area (Å²) in [5.41, 5.74) is 3.65. The standard InChI is InChI=1S/C13H13N5O/c1-7-8(2)16-11-9(7)4-3-5-10(11)12(19)17-13-14-6-15-18-13/h3-6,16H,1-2H3,(H2,14,15,17,18,19). The Morgan fingerprint density at radius 2 is 2.16 bits per heavy atom. The normalized spacial score (nSPS) is 10.8. The minimum absolute atomic E-state index is 0.219. The Hall–Kier alpha value is -2.63. The van der Waals surface area contributed by atoms with Crippen molar-refractivity contribution in [1.29, 1.82) is 0 Å². The van der Waals surface area contributed by atoms with Crippen LogP contribution >= 0.6 is 0 Å². The van der Waals surface area contributed by atoms with Crippen LogP contribution in [0.4, 0.5) is 5.95 Å². The lowest BCUT2D eigenvalue weighted by Crippen LogP contribution is -2.13. The number of nitrogens with zero attached hydrogens (tertiary/aromatic N) is 2. The lowest BCUT2D eigenvalue weighted by Gasteiger charge is -2.03. The van der Waals surface area contributed by atoms with Gasteiger partial charge in [0, 0.05) is 11.1 Å². The van der Waals surface area contributed by atoms with E-state index >= 15 is 0 Å². The number of aromatic amines is 2. The summed E-state index contributed by atoms with van der Waals surface area (Å²) in [6, 6.07) is 5.65. The van der Waals surface area contributed by atoms with Crippen molar-refractivity contribution in [3.05, 3.63) is 41.3 Å². The molecule has 96 valence electrons. The summed E-state index contributed by atoms with van der Waals surface area (Å²) >= 11 is 0. The minimum Gasteiger partial charge on any atom is -0.358 e. The molecule has 0 spiro atoms. The predicted molar refractivity (Wildman–Crippen MR) is 72.1 cm³/mol. The molecule has 1 amide bonds. The van der Waals surface area contributed by atoms with Crippen LogP contribution in [0.25, 0.3) is 10.9 Å². The van der Waals surface area contributed by atoms with E-state index in [1.807, 2.05) is 26.0 Å². The Morgan fingerprint density at radius 1 is 1.32 bits per heavy atom. The van der Waals surface area contributed by atoms with E-state index in [2.05, 4.69) is 25.5 Å². The molecule has 3 N–H and O–H groups in total. The molecule has 6 heteroatoms. The van der Waals surface area contributed by atoms with Crippen LogP contribution in [-0.2, 0) is 0 Å². The molecule has 0 bridgehead atoms. The van der Waals surface area contributed by atoms with Crippen molar-refractivity contribution in [3.63, 3.8) is 0 Å². The van der Waals surface area contributed by atoms with Crippen LogP contribution in [0.15, 0.2) is 24.5 Å². The minimum atomic E-state index is -0.219. The molecule has 0 aliphatic rings. The number of aryl methyl sites for hydroxylation is 2. The second-order valence-corrected chi connectivity index (χ2v) is 4.39. The molecule has 6 nitrogen and oxygen atoms in total. The lowest BCUT2D eigenvalue weighted by atomic mass is 10.1. The molecule has 2 heterocycles. The highest BCUT2D eigenvalue weighted by Gasteiger charge is 2.14. The third-order valence-electron chi connectivity index (χ3n) is 3.24. The maximum Gasteiger partial charge on any atom is 0.260 e. The third kappa shape index (κ3) is 1.87. The van der Waals surface area contributed by atoms with Crippen LogP contribution in [0.3, 0.4) is 0 Å². The van der Waals surface area contributed by atoms with Crippen molar-refractivity contribution in [2.45, 2.75) is 13.8 Å². The number of nitrogens with one attached hydrogen (secondary N) is 3. The van der Waals surface area contributed by atoms with Gasteiger partial charge in [-0.3, -0.25) is 10.1 Å². The van der Waals surface area contributed by atoms with E-state index in [9.17, 15) is 4.79 Å². The van der Waals surface area contributed by atoms with Crippen molar-refractivity contribution in [2.75, 3.05) is 5.32 Å². The molecule has 0 radical (unpaired) electrons. The van der Waals surface area contributed by atoms with Gasteiger partial charge in [-0.15, -0.1) is 0 Å². The quantitative estimate of drug-likeness (QED) is 0.655. The first-order valence-electron chi connectivity index (χ1n) is 5.91. The molecular weight excluding hydrogens is 242 g/mol. The maximum absolute atomic E-state index is 12.2. The molecule has 1 aromatic carbocycles. The first kappa shape index (κ1) is 11.5. The Kier molecular flexibility index (Phi) is 2.56. The number of benzene rings is 1. The summed E-state index contributed by atoms with van der Waals surface area (Å²) < 4.78 is 0. The Morgan fingerprint density at radius 3 is 2.89 bits per heavy atom. The van der Waals surface area contributed by atoms with Crippen LogP contribution < -0.4 is 5.32 Å². The van der Waals surface area contributed by atoms with Crippen LogP contribution in [0.5, 0.6) is 0 Å². The van der Waals surface area contributed by atoms with Gasteiger partial charge in [-0.1, -0.05) is 12.1 Å². The van der Waals surface area contributed by atoms with Crippen molar-refractivity contribution in [2.24, 2.45) is 0 Å². The molecule has 3 aromatic rings. The summed E-state index contributed by atoms with van der Waals surface area (Å²) in [7, 11) is 0. The molecule has 19 heavy (non-hydrogen) atoms. The highest BCUT2D eigenvalue weighted by Crippen LogP contribution is 2.24. The monoisotopic (exact) mass is 255 g/mol. The van der Waals surface area contributed by atoms with Gasteiger partial charge in [0.15, 0.2) is 0 Å². The van der Waals surface area contributed by atoms with E-state index in [4.69, 9.17) is 0 Å². The van der Waals surface area contributed by atoms with Crippen molar-refractivity contribution >= 4 is 22.8 Å². The van der Waals surface area contributed by atoms with E-state index in [-0.39, 0.29) is 5.91 Å². The zero-order valence-corrected chi connectivity index (χ0v) is 10.6. The van der Waals surface area contributed by atoms with Crippen molar-refractivity contribution < 1.29 is 4.79 Å². The van der Waals surface area contributed by atoms with E-state index in [1.165, 1.54) is 6.33 Å². The molecule has 2 aromatic heterocycles. The molecule has 0 fully saturated rings. The molecule has 0 atom stereocenters. The molecule has 0 aliphatic carbocycles. The van der Waals surface area contributed by atoms with E-state index in [1.54, 1.807) is 6.07 Å². The fourth-order valence-corrected chi connectivity index (χ4v) is 2.11. The number of anilines is 1. The van der Waals surface area contributed by atoms with Gasteiger partial charge in [0.2, 0.25) is 5.95 Å². The van der Waals surface area contributed by atoms with Gasteiger partial charge in [0.1, 0.15) is 6.33 Å². The number of hydrogen-bond acceptors (Lipinski definition) is 3. The first-order chi connectivity index (χ1) is 9.16. The zero-order chi connectivity index (χ0) is 13.4. The average molecular weight is 255 g/mol. The number of rotatable bonds is 2. The smallest absolute Gasteiger partial charge is 0.260 e. The second kappa shape index (κ2) is 4.24. The molecule has 0 unspecified atom stereocenters. The Bertz CT molecular complexity index is 742. The van der Waals surface area contributed by atoms with Crippen LogP contribution in [0, 0.1) is 13.8 Å². The van der Waals surface area contributed by atoms with Gasteiger partial charge in [-0.25, -0.2) is 5.10 Å². The number of carbonyl (C=O) groups excluding carboxylic acids is 1. The Labute approximate surface area is 109 Å². The molecule has 0 aliphatic heterocycles. The largest absolute Gasteiger partial charge is 0.358 e. The highest BCUT2D eigenvalue weighted by molar-refractivity contribution is 6.12. The second-order valence-electron chi connectivity index (χ2n) is 4.39. The number of amides is 1. The summed E-state index contributed by atoms with van der Waals surface area (Å²) in [5, 5.41) is 10.0. The maximum atomic E-state index is 12.2. The van der Waals surface area contributed by atoms with Crippen molar-refractivity contribution in [1.82, 2.24) is 20.2 Å². The number of carbonyl (C=O) groups is 1. The van der Waals surface area contributed by atoms with E-state index < -0.39 is 0 Å². The van der Waals surface area contributed by atoms with Crippen LogP contribution in [-0.4, -0.2) is 26.1 Å². The van der Waals surface area contributed by atoms with Gasteiger partial charge < -0.3 is 4.98 Å². The summed E-state index contributed by atoms with van der Waals surface area (Å²) in [6.45, 7) is 4.03.